The highest BCUT2D eigenvalue weighted by Gasteiger charge is 2.35. The normalized spacial score (nSPS) is 21.1. The Balaban J connectivity index is 1.72. The Morgan fingerprint density at radius 2 is 2.14 bits per heavy atom. The van der Waals surface area contributed by atoms with Crippen molar-refractivity contribution in [2.75, 3.05) is 13.2 Å². The Hall–Kier alpha value is -1.26. The van der Waals surface area contributed by atoms with Gasteiger partial charge in [0.25, 0.3) is 5.91 Å². The van der Waals surface area contributed by atoms with E-state index in [9.17, 15) is 9.90 Å². The standard InChI is InChI=1S/C16H20ClNO3/c17-12-5-6-14-11(9-12)10-15(21-14)16(20)18(7-8-19)13-3-1-2-4-13/h5-6,9,13,15,19H,1-4,7-8,10H2. The largest absolute Gasteiger partial charge is 0.480 e. The summed E-state index contributed by atoms with van der Waals surface area (Å²) in [5.74, 6) is 0.733. The van der Waals surface area contributed by atoms with Crippen LogP contribution >= 0.6 is 11.6 Å². The predicted octanol–water partition coefficient (Wildman–Crippen LogP) is 2.41. The zero-order valence-electron chi connectivity index (χ0n) is 11.9. The summed E-state index contributed by atoms with van der Waals surface area (Å²) < 4.78 is 5.78. The average Bonchev–Trinajstić information content (AvgIpc) is 3.12. The van der Waals surface area contributed by atoms with Crippen molar-refractivity contribution < 1.29 is 14.6 Å². The first-order valence-electron chi connectivity index (χ1n) is 7.55. The van der Waals surface area contributed by atoms with Crippen molar-refractivity contribution in [2.45, 2.75) is 44.2 Å². The second kappa shape index (κ2) is 6.24. The summed E-state index contributed by atoms with van der Waals surface area (Å²) in [5, 5.41) is 9.91. The number of fused-ring (bicyclic) bond motifs is 1. The molecule has 0 spiro atoms. The van der Waals surface area contributed by atoms with Gasteiger partial charge in [0.1, 0.15) is 5.75 Å². The highest BCUT2D eigenvalue weighted by Crippen LogP contribution is 2.33. The third-order valence-electron chi connectivity index (χ3n) is 4.36. The quantitative estimate of drug-likeness (QED) is 0.929. The summed E-state index contributed by atoms with van der Waals surface area (Å²) in [5.41, 5.74) is 0.983. The summed E-state index contributed by atoms with van der Waals surface area (Å²) in [6.45, 7) is 0.383. The van der Waals surface area contributed by atoms with Gasteiger partial charge in [0, 0.05) is 24.0 Å². The van der Waals surface area contributed by atoms with Crippen LogP contribution in [0.3, 0.4) is 0 Å². The van der Waals surface area contributed by atoms with Crippen LogP contribution < -0.4 is 4.74 Å². The summed E-state index contributed by atoms with van der Waals surface area (Å²) in [4.78, 5) is 14.5. The van der Waals surface area contributed by atoms with Crippen molar-refractivity contribution in [3.8, 4) is 5.75 Å². The van der Waals surface area contributed by atoms with E-state index in [1.54, 1.807) is 6.07 Å². The number of amides is 1. The number of carbonyl (C=O) groups excluding carboxylic acids is 1. The van der Waals surface area contributed by atoms with Gasteiger partial charge in [-0.1, -0.05) is 24.4 Å². The number of aliphatic hydroxyl groups excluding tert-OH is 1. The highest BCUT2D eigenvalue weighted by molar-refractivity contribution is 6.30. The third-order valence-corrected chi connectivity index (χ3v) is 4.60. The Morgan fingerprint density at radius 3 is 2.86 bits per heavy atom. The van der Waals surface area contributed by atoms with Crippen molar-refractivity contribution in [1.82, 2.24) is 4.90 Å². The molecule has 1 fully saturated rings. The molecule has 1 N–H and O–H groups in total. The molecular formula is C16H20ClNO3. The van der Waals surface area contributed by atoms with E-state index in [4.69, 9.17) is 16.3 Å². The number of benzene rings is 1. The molecule has 1 aliphatic heterocycles. The van der Waals surface area contributed by atoms with E-state index in [0.717, 1.165) is 37.0 Å². The lowest BCUT2D eigenvalue weighted by atomic mass is 10.1. The van der Waals surface area contributed by atoms with Gasteiger partial charge in [-0.3, -0.25) is 4.79 Å². The van der Waals surface area contributed by atoms with Crippen molar-refractivity contribution in [2.24, 2.45) is 0 Å². The molecule has 4 nitrogen and oxygen atoms in total. The fourth-order valence-electron chi connectivity index (χ4n) is 3.34. The van der Waals surface area contributed by atoms with E-state index in [2.05, 4.69) is 0 Å². The van der Waals surface area contributed by atoms with Gasteiger partial charge in [0.2, 0.25) is 0 Å². The number of carbonyl (C=O) groups is 1. The minimum atomic E-state index is -0.481. The van der Waals surface area contributed by atoms with Gasteiger partial charge in [0.05, 0.1) is 6.61 Å². The lowest BCUT2D eigenvalue weighted by Gasteiger charge is -2.30. The molecule has 1 unspecified atom stereocenters. The SMILES string of the molecule is O=C(C1Cc2cc(Cl)ccc2O1)N(CCO)C1CCCC1. The van der Waals surface area contributed by atoms with Gasteiger partial charge in [-0.2, -0.15) is 0 Å². The van der Waals surface area contributed by atoms with Crippen LogP contribution in [0.2, 0.25) is 5.02 Å². The van der Waals surface area contributed by atoms with Crippen LogP contribution in [0.15, 0.2) is 18.2 Å². The summed E-state index contributed by atoms with van der Waals surface area (Å²) >= 11 is 5.98. The third kappa shape index (κ3) is 3.01. The summed E-state index contributed by atoms with van der Waals surface area (Å²) in [6, 6.07) is 5.70. The molecule has 0 aromatic heterocycles. The molecule has 1 heterocycles. The molecule has 1 saturated carbocycles. The maximum atomic E-state index is 12.7. The molecule has 1 atom stereocenters. The van der Waals surface area contributed by atoms with Crippen LogP contribution in [-0.4, -0.2) is 41.2 Å². The zero-order valence-corrected chi connectivity index (χ0v) is 12.7. The molecule has 0 radical (unpaired) electrons. The minimum absolute atomic E-state index is 0.00621. The second-order valence-electron chi connectivity index (χ2n) is 5.76. The molecule has 3 rings (SSSR count). The molecule has 2 aliphatic rings. The highest BCUT2D eigenvalue weighted by atomic mass is 35.5. The van der Waals surface area contributed by atoms with Gasteiger partial charge in [-0.25, -0.2) is 0 Å². The molecule has 1 amide bonds. The zero-order chi connectivity index (χ0) is 14.8. The number of hydrogen-bond acceptors (Lipinski definition) is 3. The van der Waals surface area contributed by atoms with E-state index in [1.807, 2.05) is 17.0 Å². The number of ether oxygens (including phenoxy) is 1. The molecule has 0 bridgehead atoms. The maximum Gasteiger partial charge on any atom is 0.264 e. The summed E-state index contributed by atoms with van der Waals surface area (Å²) in [7, 11) is 0. The van der Waals surface area contributed by atoms with Crippen molar-refractivity contribution in [1.29, 1.82) is 0 Å². The Labute approximate surface area is 129 Å². The Morgan fingerprint density at radius 1 is 1.38 bits per heavy atom. The van der Waals surface area contributed by atoms with Gasteiger partial charge < -0.3 is 14.7 Å². The Bertz CT molecular complexity index is 528. The van der Waals surface area contributed by atoms with Crippen LogP contribution in [0, 0.1) is 0 Å². The van der Waals surface area contributed by atoms with E-state index in [1.165, 1.54) is 0 Å². The first-order valence-corrected chi connectivity index (χ1v) is 7.93. The number of nitrogens with zero attached hydrogens (tertiary/aromatic N) is 1. The molecule has 0 saturated heterocycles. The van der Waals surface area contributed by atoms with E-state index in [0.29, 0.717) is 18.0 Å². The van der Waals surface area contributed by atoms with Crippen LogP contribution in [0.4, 0.5) is 0 Å². The topological polar surface area (TPSA) is 49.8 Å². The Kier molecular flexibility index (Phi) is 4.36. The van der Waals surface area contributed by atoms with Crippen LogP contribution in [0.25, 0.3) is 0 Å². The fourth-order valence-corrected chi connectivity index (χ4v) is 3.53. The molecule has 114 valence electrons. The first kappa shape index (κ1) is 14.7. The fraction of sp³-hybridized carbons (Fsp3) is 0.562. The van der Waals surface area contributed by atoms with Crippen LogP contribution in [-0.2, 0) is 11.2 Å². The van der Waals surface area contributed by atoms with E-state index < -0.39 is 6.10 Å². The molecule has 1 aromatic carbocycles. The van der Waals surface area contributed by atoms with Crippen molar-refractivity contribution in [3.05, 3.63) is 28.8 Å². The van der Waals surface area contributed by atoms with Crippen LogP contribution in [0.5, 0.6) is 5.75 Å². The molecule has 1 aliphatic carbocycles. The number of aliphatic hydroxyl groups is 1. The van der Waals surface area contributed by atoms with Crippen molar-refractivity contribution >= 4 is 17.5 Å². The molecule has 1 aromatic rings. The van der Waals surface area contributed by atoms with Gasteiger partial charge in [-0.05, 0) is 36.6 Å². The van der Waals surface area contributed by atoms with Gasteiger partial charge in [0.15, 0.2) is 6.10 Å². The molecule has 5 heteroatoms. The lowest BCUT2D eigenvalue weighted by Crippen LogP contribution is -2.47. The maximum absolute atomic E-state index is 12.7. The smallest absolute Gasteiger partial charge is 0.264 e. The number of hydrogen-bond donors (Lipinski definition) is 1. The van der Waals surface area contributed by atoms with E-state index in [-0.39, 0.29) is 18.6 Å². The molecule has 21 heavy (non-hydrogen) atoms. The minimum Gasteiger partial charge on any atom is -0.480 e. The predicted molar refractivity (Wildman–Crippen MR) is 80.6 cm³/mol. The van der Waals surface area contributed by atoms with E-state index >= 15 is 0 Å². The summed E-state index contributed by atoms with van der Waals surface area (Å²) in [6.07, 6.45) is 4.44. The van der Waals surface area contributed by atoms with Gasteiger partial charge in [-0.15, -0.1) is 0 Å². The number of rotatable bonds is 4. The van der Waals surface area contributed by atoms with Crippen LogP contribution in [0.1, 0.15) is 31.2 Å². The van der Waals surface area contributed by atoms with Crippen molar-refractivity contribution in [3.63, 3.8) is 0 Å². The second-order valence-corrected chi connectivity index (χ2v) is 6.19. The monoisotopic (exact) mass is 309 g/mol. The molecular weight excluding hydrogens is 290 g/mol. The first-order chi connectivity index (χ1) is 10.2. The lowest BCUT2D eigenvalue weighted by molar-refractivity contribution is -0.140. The number of halogens is 1. The average molecular weight is 310 g/mol. The van der Waals surface area contributed by atoms with Gasteiger partial charge >= 0.3 is 0 Å².